The SMILES string of the molecule is CC(C)OC(=O)c1c(NC(=O)c2ccc([N+](=O)[O-])cc2)sc2c1CCCCC2. The fraction of sp³-hybridized carbons (Fsp3) is 0.400. The highest BCUT2D eigenvalue weighted by Crippen LogP contribution is 2.38. The third kappa shape index (κ3) is 4.39. The summed E-state index contributed by atoms with van der Waals surface area (Å²) in [5.41, 5.74) is 1.64. The van der Waals surface area contributed by atoms with Crippen LogP contribution in [0.1, 0.15) is 64.3 Å². The Bertz CT molecular complexity index is 902. The zero-order chi connectivity index (χ0) is 20.3. The number of rotatable bonds is 5. The number of fused-ring (bicyclic) bond motifs is 1. The molecule has 8 heteroatoms. The summed E-state index contributed by atoms with van der Waals surface area (Å²) in [6.07, 6.45) is 4.59. The molecule has 0 aliphatic heterocycles. The Morgan fingerprint density at radius 1 is 1.14 bits per heavy atom. The number of nitro groups is 1. The van der Waals surface area contributed by atoms with Gasteiger partial charge in [0.25, 0.3) is 11.6 Å². The van der Waals surface area contributed by atoms with E-state index < -0.39 is 16.8 Å². The number of esters is 1. The number of benzene rings is 1. The van der Waals surface area contributed by atoms with Gasteiger partial charge in [0.05, 0.1) is 16.6 Å². The number of non-ortho nitro benzene ring substituents is 1. The van der Waals surface area contributed by atoms with Crippen molar-refractivity contribution in [1.29, 1.82) is 0 Å². The Morgan fingerprint density at radius 2 is 1.82 bits per heavy atom. The van der Waals surface area contributed by atoms with Crippen molar-refractivity contribution in [1.82, 2.24) is 0 Å². The third-order valence-corrected chi connectivity index (χ3v) is 5.74. The first-order chi connectivity index (χ1) is 13.4. The lowest BCUT2D eigenvalue weighted by Gasteiger charge is -2.11. The molecule has 7 nitrogen and oxygen atoms in total. The number of hydrogen-bond donors (Lipinski definition) is 1. The Kier molecular flexibility index (Phi) is 6.08. The fourth-order valence-corrected chi connectivity index (χ4v) is 4.50. The Hall–Kier alpha value is -2.74. The predicted octanol–water partition coefficient (Wildman–Crippen LogP) is 4.74. The van der Waals surface area contributed by atoms with Crippen molar-refractivity contribution in [2.24, 2.45) is 0 Å². The van der Waals surface area contributed by atoms with E-state index in [9.17, 15) is 19.7 Å². The number of ether oxygens (including phenoxy) is 1. The first kappa shape index (κ1) is 20.0. The average Bonchev–Trinajstić information content (AvgIpc) is 2.81. The highest BCUT2D eigenvalue weighted by atomic mass is 32.1. The molecule has 0 atom stereocenters. The summed E-state index contributed by atoms with van der Waals surface area (Å²) in [4.78, 5) is 36.7. The standard InChI is InChI=1S/C20H22N2O5S/c1-12(2)27-20(24)17-15-6-4-3-5-7-16(15)28-19(17)21-18(23)13-8-10-14(11-9-13)22(25)26/h8-12H,3-7H2,1-2H3,(H,21,23). The molecule has 1 aliphatic carbocycles. The van der Waals surface area contributed by atoms with Gasteiger partial charge in [-0.3, -0.25) is 14.9 Å². The quantitative estimate of drug-likeness (QED) is 0.337. The minimum absolute atomic E-state index is 0.0828. The van der Waals surface area contributed by atoms with Gasteiger partial charge in [-0.25, -0.2) is 4.79 Å². The summed E-state index contributed by atoms with van der Waals surface area (Å²) in [5.74, 6) is -0.835. The van der Waals surface area contributed by atoms with Crippen molar-refractivity contribution in [3.05, 3.63) is 55.9 Å². The normalized spacial score (nSPS) is 13.5. The number of nitrogens with zero attached hydrogens (tertiary/aromatic N) is 1. The van der Waals surface area contributed by atoms with Gasteiger partial charge in [-0.15, -0.1) is 11.3 Å². The summed E-state index contributed by atoms with van der Waals surface area (Å²) in [6.45, 7) is 3.58. The number of amides is 1. The van der Waals surface area contributed by atoms with Gasteiger partial charge in [0.1, 0.15) is 5.00 Å². The van der Waals surface area contributed by atoms with E-state index >= 15 is 0 Å². The molecule has 0 bridgehead atoms. The smallest absolute Gasteiger partial charge is 0.341 e. The van der Waals surface area contributed by atoms with Gasteiger partial charge < -0.3 is 10.1 Å². The molecule has 1 aromatic heterocycles. The van der Waals surface area contributed by atoms with E-state index in [0.29, 0.717) is 10.6 Å². The monoisotopic (exact) mass is 402 g/mol. The van der Waals surface area contributed by atoms with E-state index in [1.807, 2.05) is 0 Å². The van der Waals surface area contributed by atoms with Crippen LogP contribution in [0.2, 0.25) is 0 Å². The molecular formula is C20H22N2O5S. The molecule has 1 amide bonds. The first-order valence-corrected chi connectivity index (χ1v) is 10.1. The summed E-state index contributed by atoms with van der Waals surface area (Å²) in [7, 11) is 0. The largest absolute Gasteiger partial charge is 0.459 e. The number of aryl methyl sites for hydroxylation is 1. The molecule has 3 rings (SSSR count). The summed E-state index contributed by atoms with van der Waals surface area (Å²) >= 11 is 1.42. The van der Waals surface area contributed by atoms with Gasteiger partial charge in [0.2, 0.25) is 0 Å². The highest BCUT2D eigenvalue weighted by Gasteiger charge is 2.27. The van der Waals surface area contributed by atoms with E-state index in [-0.39, 0.29) is 17.4 Å². The molecule has 148 valence electrons. The maximum atomic E-state index is 12.7. The second-order valence-corrected chi connectivity index (χ2v) is 8.09. The minimum Gasteiger partial charge on any atom is -0.459 e. The molecule has 0 saturated carbocycles. The Morgan fingerprint density at radius 3 is 2.46 bits per heavy atom. The number of nitro benzene ring substituents is 1. The molecule has 1 N–H and O–H groups in total. The second kappa shape index (κ2) is 8.52. The van der Waals surface area contributed by atoms with Crippen LogP contribution in [0.3, 0.4) is 0 Å². The third-order valence-electron chi connectivity index (χ3n) is 4.54. The summed E-state index contributed by atoms with van der Waals surface area (Å²) in [5, 5.41) is 14.1. The number of carbonyl (C=O) groups excluding carboxylic acids is 2. The van der Waals surface area contributed by atoms with Crippen LogP contribution < -0.4 is 5.32 Å². The second-order valence-electron chi connectivity index (χ2n) is 6.98. The topological polar surface area (TPSA) is 98.5 Å². The van der Waals surface area contributed by atoms with E-state index in [1.165, 1.54) is 35.6 Å². The molecule has 0 fully saturated rings. The van der Waals surface area contributed by atoms with Crippen LogP contribution in [-0.2, 0) is 17.6 Å². The molecule has 1 aromatic carbocycles. The number of hydrogen-bond acceptors (Lipinski definition) is 6. The van der Waals surface area contributed by atoms with E-state index in [2.05, 4.69) is 5.32 Å². The molecular weight excluding hydrogens is 380 g/mol. The van der Waals surface area contributed by atoms with Gasteiger partial charge in [0, 0.05) is 22.6 Å². The van der Waals surface area contributed by atoms with Crippen LogP contribution in [0.25, 0.3) is 0 Å². The van der Waals surface area contributed by atoms with Gasteiger partial charge >= 0.3 is 5.97 Å². The lowest BCUT2D eigenvalue weighted by molar-refractivity contribution is -0.384. The zero-order valence-electron chi connectivity index (χ0n) is 15.8. The van der Waals surface area contributed by atoms with Crippen molar-refractivity contribution in [3.63, 3.8) is 0 Å². The van der Waals surface area contributed by atoms with Crippen LogP contribution >= 0.6 is 11.3 Å². The Balaban J connectivity index is 1.90. The molecule has 0 saturated heterocycles. The number of thiophene rings is 1. The molecule has 2 aromatic rings. The minimum atomic E-state index is -0.516. The van der Waals surface area contributed by atoms with Crippen molar-refractivity contribution in [2.75, 3.05) is 5.32 Å². The molecule has 0 radical (unpaired) electrons. The number of anilines is 1. The maximum absolute atomic E-state index is 12.7. The van der Waals surface area contributed by atoms with Crippen LogP contribution in [0.15, 0.2) is 24.3 Å². The predicted molar refractivity (Wildman–Crippen MR) is 107 cm³/mol. The highest BCUT2D eigenvalue weighted by molar-refractivity contribution is 7.17. The van der Waals surface area contributed by atoms with E-state index in [4.69, 9.17) is 4.74 Å². The van der Waals surface area contributed by atoms with Crippen LogP contribution in [0.4, 0.5) is 10.7 Å². The van der Waals surface area contributed by atoms with E-state index in [1.54, 1.807) is 13.8 Å². The van der Waals surface area contributed by atoms with Crippen LogP contribution in [0, 0.1) is 10.1 Å². The van der Waals surface area contributed by atoms with Crippen molar-refractivity contribution in [2.45, 2.75) is 52.1 Å². The first-order valence-electron chi connectivity index (χ1n) is 9.28. The lowest BCUT2D eigenvalue weighted by Crippen LogP contribution is -2.17. The number of nitrogens with one attached hydrogen (secondary N) is 1. The van der Waals surface area contributed by atoms with Crippen molar-refractivity contribution in [3.8, 4) is 0 Å². The summed E-state index contributed by atoms with van der Waals surface area (Å²) < 4.78 is 5.41. The average molecular weight is 402 g/mol. The fourth-order valence-electron chi connectivity index (χ4n) is 3.23. The Labute approximate surface area is 166 Å². The van der Waals surface area contributed by atoms with Gasteiger partial charge in [-0.2, -0.15) is 0 Å². The van der Waals surface area contributed by atoms with Gasteiger partial charge in [-0.05, 0) is 57.2 Å². The molecule has 1 aliphatic rings. The van der Waals surface area contributed by atoms with Crippen LogP contribution in [-0.4, -0.2) is 22.9 Å². The van der Waals surface area contributed by atoms with Gasteiger partial charge in [0.15, 0.2) is 0 Å². The molecule has 0 spiro atoms. The van der Waals surface area contributed by atoms with Crippen molar-refractivity contribution >= 4 is 33.9 Å². The molecule has 0 unspecified atom stereocenters. The molecule has 28 heavy (non-hydrogen) atoms. The summed E-state index contributed by atoms with van der Waals surface area (Å²) in [6, 6.07) is 5.37. The maximum Gasteiger partial charge on any atom is 0.341 e. The lowest BCUT2D eigenvalue weighted by atomic mass is 10.1. The number of carbonyl (C=O) groups is 2. The van der Waals surface area contributed by atoms with Crippen molar-refractivity contribution < 1.29 is 19.2 Å². The van der Waals surface area contributed by atoms with Crippen LogP contribution in [0.5, 0.6) is 0 Å². The van der Waals surface area contributed by atoms with E-state index in [0.717, 1.165) is 42.5 Å². The zero-order valence-corrected chi connectivity index (χ0v) is 16.6. The molecule has 1 heterocycles. The van der Waals surface area contributed by atoms with Gasteiger partial charge in [-0.1, -0.05) is 6.42 Å².